The highest BCUT2D eigenvalue weighted by atomic mass is 16.6. The molecule has 0 radical (unpaired) electrons. The normalized spacial score (nSPS) is 12.9. The fourth-order valence-corrected chi connectivity index (χ4v) is 3.29. The van der Waals surface area contributed by atoms with Gasteiger partial charge in [-0.25, -0.2) is 0 Å². The molecule has 0 bridgehead atoms. The Morgan fingerprint density at radius 2 is 1.79 bits per heavy atom. The summed E-state index contributed by atoms with van der Waals surface area (Å²) in [6.45, 7) is 13.7. The third-order valence-corrected chi connectivity index (χ3v) is 4.94. The van der Waals surface area contributed by atoms with Crippen LogP contribution in [0.1, 0.15) is 63.2 Å². The van der Waals surface area contributed by atoms with Gasteiger partial charge in [-0.15, -0.1) is 0 Å². The highest BCUT2D eigenvalue weighted by molar-refractivity contribution is 5.76. The second kappa shape index (κ2) is 8.12. The number of carbonyl (C=O) groups excluding carboxylic acids is 1. The van der Waals surface area contributed by atoms with Crippen LogP contribution in [0.4, 0.5) is 5.69 Å². The number of hydrogen-bond acceptors (Lipinski definition) is 4. The van der Waals surface area contributed by atoms with E-state index in [1.54, 1.807) is 13.8 Å². The molecule has 28 heavy (non-hydrogen) atoms. The van der Waals surface area contributed by atoms with Crippen LogP contribution in [0.2, 0.25) is 0 Å². The van der Waals surface area contributed by atoms with E-state index in [2.05, 4.69) is 69.3 Å². The number of nitrogens with zero attached hydrogens (tertiary/aromatic N) is 3. The molecule has 1 atom stereocenters. The van der Waals surface area contributed by atoms with Gasteiger partial charge in [-0.05, 0) is 36.3 Å². The van der Waals surface area contributed by atoms with Gasteiger partial charge in [0.2, 0.25) is 5.91 Å². The minimum atomic E-state index is -0.459. The van der Waals surface area contributed by atoms with Gasteiger partial charge in [-0.3, -0.25) is 19.6 Å². The lowest BCUT2D eigenvalue weighted by atomic mass is 9.85. The highest BCUT2D eigenvalue weighted by Crippen LogP contribution is 2.27. The number of aromatic nitrogens is 2. The number of carbonyl (C=O) groups is 1. The molecule has 1 aromatic carbocycles. The number of aryl methyl sites for hydroxylation is 1. The van der Waals surface area contributed by atoms with Crippen molar-refractivity contribution < 1.29 is 9.72 Å². The summed E-state index contributed by atoms with van der Waals surface area (Å²) in [6, 6.07) is 8.16. The van der Waals surface area contributed by atoms with Gasteiger partial charge in [0.05, 0.1) is 11.0 Å². The quantitative estimate of drug-likeness (QED) is 0.594. The highest BCUT2D eigenvalue weighted by Gasteiger charge is 2.24. The molecule has 0 saturated heterocycles. The lowest BCUT2D eigenvalue weighted by Crippen LogP contribution is -2.34. The molecular weight excluding hydrogens is 356 g/mol. The van der Waals surface area contributed by atoms with Crippen LogP contribution in [0.3, 0.4) is 0 Å². The minimum absolute atomic E-state index is 0.0361. The summed E-state index contributed by atoms with van der Waals surface area (Å²) in [4.78, 5) is 23.3. The molecule has 1 amide bonds. The van der Waals surface area contributed by atoms with Crippen LogP contribution in [-0.2, 0) is 16.8 Å². The summed E-state index contributed by atoms with van der Waals surface area (Å²) in [6.07, 6.45) is 0. The van der Waals surface area contributed by atoms with E-state index in [-0.39, 0.29) is 35.5 Å². The van der Waals surface area contributed by atoms with Crippen LogP contribution >= 0.6 is 0 Å². The average molecular weight is 386 g/mol. The van der Waals surface area contributed by atoms with E-state index in [0.29, 0.717) is 11.4 Å². The average Bonchev–Trinajstić information content (AvgIpc) is 2.85. The Morgan fingerprint density at radius 1 is 1.21 bits per heavy atom. The van der Waals surface area contributed by atoms with Crippen molar-refractivity contribution in [2.75, 3.05) is 0 Å². The minimum Gasteiger partial charge on any atom is -0.347 e. The number of amides is 1. The van der Waals surface area contributed by atoms with E-state index in [4.69, 9.17) is 0 Å². The summed E-state index contributed by atoms with van der Waals surface area (Å²) in [5.41, 5.74) is 3.00. The predicted molar refractivity (Wildman–Crippen MR) is 109 cm³/mol. The Morgan fingerprint density at radius 3 is 2.21 bits per heavy atom. The van der Waals surface area contributed by atoms with E-state index >= 15 is 0 Å². The Hall–Kier alpha value is -2.70. The van der Waals surface area contributed by atoms with Crippen LogP contribution in [0.25, 0.3) is 0 Å². The van der Waals surface area contributed by atoms with E-state index in [1.807, 2.05) is 0 Å². The summed E-state index contributed by atoms with van der Waals surface area (Å²) < 4.78 is 1.39. The largest absolute Gasteiger partial charge is 0.347 e. The van der Waals surface area contributed by atoms with Gasteiger partial charge < -0.3 is 5.32 Å². The van der Waals surface area contributed by atoms with Crippen molar-refractivity contribution >= 4 is 11.6 Å². The van der Waals surface area contributed by atoms with E-state index in [1.165, 1.54) is 10.2 Å². The molecular formula is C21H30N4O3. The van der Waals surface area contributed by atoms with Gasteiger partial charge in [0.25, 0.3) is 0 Å². The zero-order valence-electron chi connectivity index (χ0n) is 17.7. The molecule has 1 heterocycles. The van der Waals surface area contributed by atoms with E-state index in [9.17, 15) is 14.9 Å². The lowest BCUT2D eigenvalue weighted by molar-refractivity contribution is -0.386. The zero-order chi connectivity index (χ0) is 21.2. The maximum Gasteiger partial charge on any atom is 0.312 e. The maximum absolute atomic E-state index is 12.6. The Bertz CT molecular complexity index is 861. The zero-order valence-corrected chi connectivity index (χ0v) is 17.7. The molecule has 0 aliphatic carbocycles. The Labute approximate surface area is 166 Å². The summed E-state index contributed by atoms with van der Waals surface area (Å²) in [5.74, 6) is -0.0293. The molecule has 1 aromatic heterocycles. The fourth-order valence-electron chi connectivity index (χ4n) is 3.29. The molecule has 7 heteroatoms. The number of nitro groups is 1. The van der Waals surface area contributed by atoms with Crippen LogP contribution in [0.5, 0.6) is 0 Å². The second-order valence-corrected chi connectivity index (χ2v) is 8.60. The summed E-state index contributed by atoms with van der Waals surface area (Å²) in [7, 11) is 0. The molecule has 0 saturated carbocycles. The second-order valence-electron chi connectivity index (χ2n) is 8.60. The molecule has 0 fully saturated rings. The molecule has 1 unspecified atom stereocenters. The predicted octanol–water partition coefficient (Wildman–Crippen LogP) is 4.22. The van der Waals surface area contributed by atoms with Gasteiger partial charge >= 0.3 is 5.69 Å². The molecule has 0 aliphatic rings. The maximum atomic E-state index is 12.6. The first kappa shape index (κ1) is 21.6. The SMILES string of the molecule is Cc1nn(CC(=O)NC(c2ccc(C(C)(C)C)cc2)C(C)C)c(C)c1[N+](=O)[O-]. The van der Waals surface area contributed by atoms with E-state index < -0.39 is 4.92 Å². The molecule has 152 valence electrons. The third kappa shape index (κ3) is 4.77. The topological polar surface area (TPSA) is 90.1 Å². The van der Waals surface area contributed by atoms with Crippen molar-refractivity contribution in [3.8, 4) is 0 Å². The number of hydrogen-bond donors (Lipinski definition) is 1. The number of nitrogens with one attached hydrogen (secondary N) is 1. The van der Waals surface area contributed by atoms with Crippen molar-refractivity contribution in [1.82, 2.24) is 15.1 Å². The van der Waals surface area contributed by atoms with Gasteiger partial charge in [-0.1, -0.05) is 58.9 Å². The van der Waals surface area contributed by atoms with Crippen molar-refractivity contribution in [2.24, 2.45) is 5.92 Å². The van der Waals surface area contributed by atoms with Gasteiger partial charge in [-0.2, -0.15) is 5.10 Å². The number of rotatable bonds is 6. The number of benzene rings is 1. The summed E-state index contributed by atoms with van der Waals surface area (Å²) in [5, 5.41) is 18.3. The Kier molecular flexibility index (Phi) is 6.27. The van der Waals surface area contributed by atoms with Gasteiger partial charge in [0.15, 0.2) is 0 Å². The van der Waals surface area contributed by atoms with Crippen molar-refractivity contribution in [2.45, 2.75) is 66.5 Å². The molecule has 7 nitrogen and oxygen atoms in total. The monoisotopic (exact) mass is 386 g/mol. The van der Waals surface area contributed by atoms with E-state index in [0.717, 1.165) is 5.56 Å². The van der Waals surface area contributed by atoms with Crippen LogP contribution < -0.4 is 5.32 Å². The first-order valence-corrected chi connectivity index (χ1v) is 9.50. The van der Waals surface area contributed by atoms with Crippen molar-refractivity contribution in [1.29, 1.82) is 0 Å². The first-order chi connectivity index (χ1) is 12.9. The van der Waals surface area contributed by atoms with Gasteiger partial charge in [0.1, 0.15) is 17.9 Å². The Balaban J connectivity index is 2.18. The van der Waals surface area contributed by atoms with Crippen LogP contribution in [-0.4, -0.2) is 20.6 Å². The molecule has 1 N–H and O–H groups in total. The van der Waals surface area contributed by atoms with Crippen molar-refractivity contribution in [3.05, 3.63) is 56.9 Å². The fraction of sp³-hybridized carbons (Fsp3) is 0.524. The molecule has 0 aliphatic heterocycles. The van der Waals surface area contributed by atoms with Crippen LogP contribution in [0.15, 0.2) is 24.3 Å². The molecule has 2 aromatic rings. The third-order valence-electron chi connectivity index (χ3n) is 4.94. The van der Waals surface area contributed by atoms with Gasteiger partial charge in [0, 0.05) is 0 Å². The van der Waals surface area contributed by atoms with Crippen molar-refractivity contribution in [3.63, 3.8) is 0 Å². The smallest absolute Gasteiger partial charge is 0.312 e. The summed E-state index contributed by atoms with van der Waals surface area (Å²) >= 11 is 0. The first-order valence-electron chi connectivity index (χ1n) is 9.50. The standard InChI is InChI=1S/C21H30N4O3/c1-13(2)19(16-8-10-17(11-9-16)21(5,6)7)22-18(26)12-24-15(4)20(25(27)28)14(3)23-24/h8-11,13,19H,12H2,1-7H3,(H,22,26). The molecule has 2 rings (SSSR count). The lowest BCUT2D eigenvalue weighted by Gasteiger charge is -2.25. The molecule has 0 spiro atoms. The van der Waals surface area contributed by atoms with Crippen LogP contribution in [0, 0.1) is 29.9 Å².